The molecule has 0 saturated heterocycles. The number of methoxy groups -OCH3 is 1. The number of aliphatic hydroxyl groups excluding tert-OH is 1. The summed E-state index contributed by atoms with van der Waals surface area (Å²) >= 11 is 6.33. The molecule has 0 amide bonds. The predicted octanol–water partition coefficient (Wildman–Crippen LogP) is 4.86. The normalized spacial score (nSPS) is 12.1. The largest absolute Gasteiger partial charge is 0.495 e. The van der Waals surface area contributed by atoms with Gasteiger partial charge >= 0.3 is 11.9 Å². The Morgan fingerprint density at radius 2 is 1.76 bits per heavy atom. The van der Waals surface area contributed by atoms with Crippen LogP contribution in [0.4, 0.5) is 0 Å². The van der Waals surface area contributed by atoms with Crippen LogP contribution >= 0.6 is 11.6 Å². The van der Waals surface area contributed by atoms with E-state index in [9.17, 15) is 14.7 Å². The van der Waals surface area contributed by atoms with E-state index in [4.69, 9.17) is 25.8 Å². The molecule has 0 spiro atoms. The summed E-state index contributed by atoms with van der Waals surface area (Å²) in [5.74, 6) is -0.638. The first-order chi connectivity index (χ1) is 15.5. The second-order valence-electron chi connectivity index (χ2n) is 8.52. The van der Waals surface area contributed by atoms with Crippen LogP contribution < -0.4 is 19.5 Å². The van der Waals surface area contributed by atoms with Crippen LogP contribution in [0, 0.1) is 12.8 Å². The zero-order chi connectivity index (χ0) is 24.7. The molecule has 0 fully saturated rings. The van der Waals surface area contributed by atoms with Crippen LogP contribution in [0.1, 0.15) is 61.7 Å². The van der Waals surface area contributed by atoms with Gasteiger partial charge in [0.1, 0.15) is 5.75 Å². The highest BCUT2D eigenvalue weighted by Crippen LogP contribution is 2.35. The summed E-state index contributed by atoms with van der Waals surface area (Å²) in [6.07, 6.45) is -0.647. The Morgan fingerprint density at radius 3 is 2.36 bits per heavy atom. The van der Waals surface area contributed by atoms with Gasteiger partial charge in [-0.15, -0.1) is 0 Å². The van der Waals surface area contributed by atoms with Crippen molar-refractivity contribution in [2.45, 2.75) is 53.2 Å². The van der Waals surface area contributed by atoms with Gasteiger partial charge in [0.2, 0.25) is 0 Å². The third kappa shape index (κ3) is 7.45. The Bertz CT molecular complexity index is 989. The number of aliphatic hydroxyl groups is 1. The molecule has 180 valence electrons. The van der Waals surface area contributed by atoms with Crippen molar-refractivity contribution in [3.05, 3.63) is 52.0 Å². The minimum atomic E-state index is -0.837. The molecule has 0 aromatic heterocycles. The van der Waals surface area contributed by atoms with E-state index in [0.29, 0.717) is 17.9 Å². The quantitative estimate of drug-likeness (QED) is 0.372. The van der Waals surface area contributed by atoms with E-state index >= 15 is 0 Å². The van der Waals surface area contributed by atoms with E-state index in [1.165, 1.54) is 19.2 Å². The summed E-state index contributed by atoms with van der Waals surface area (Å²) < 4.78 is 16.3. The molecule has 2 rings (SSSR count). The molecule has 0 saturated carbocycles. The summed E-state index contributed by atoms with van der Waals surface area (Å²) in [7, 11) is 1.47. The molecule has 0 bridgehead atoms. The summed E-state index contributed by atoms with van der Waals surface area (Å²) in [6, 6.07) is 8.05. The lowest BCUT2D eigenvalue weighted by Gasteiger charge is -2.17. The van der Waals surface area contributed by atoms with Gasteiger partial charge in [-0.1, -0.05) is 51.4 Å². The number of hydrogen-bond donors (Lipinski definition) is 2. The van der Waals surface area contributed by atoms with E-state index in [-0.39, 0.29) is 40.5 Å². The molecule has 2 aromatic rings. The fourth-order valence-corrected chi connectivity index (χ4v) is 3.44. The van der Waals surface area contributed by atoms with Gasteiger partial charge in [0.25, 0.3) is 0 Å². The van der Waals surface area contributed by atoms with E-state index in [1.54, 1.807) is 18.2 Å². The third-order valence-electron chi connectivity index (χ3n) is 4.79. The maximum atomic E-state index is 12.9. The van der Waals surface area contributed by atoms with Gasteiger partial charge in [-0.05, 0) is 42.2 Å². The van der Waals surface area contributed by atoms with Gasteiger partial charge in [0.15, 0.2) is 11.5 Å². The minimum absolute atomic E-state index is 0.0421. The zero-order valence-electron chi connectivity index (χ0n) is 19.9. The van der Waals surface area contributed by atoms with Gasteiger partial charge in [-0.25, -0.2) is 4.79 Å². The van der Waals surface area contributed by atoms with Crippen LogP contribution in [0.3, 0.4) is 0 Å². The van der Waals surface area contributed by atoms with Crippen LogP contribution in [0.2, 0.25) is 5.02 Å². The maximum absolute atomic E-state index is 12.9. The number of halogens is 1. The lowest BCUT2D eigenvalue weighted by molar-refractivity contribution is -0.135. The molecular formula is C25H32ClNO6. The fraction of sp³-hybridized carbons (Fsp3) is 0.440. The number of rotatable bonds is 10. The fourth-order valence-electron chi connectivity index (χ4n) is 3.07. The number of ether oxygens (including phenoxy) is 3. The van der Waals surface area contributed by atoms with Crippen molar-refractivity contribution in [1.82, 2.24) is 5.32 Å². The number of aryl methyl sites for hydroxylation is 1. The Labute approximate surface area is 200 Å². The van der Waals surface area contributed by atoms with Crippen LogP contribution in [0.15, 0.2) is 30.3 Å². The molecule has 8 heteroatoms. The van der Waals surface area contributed by atoms with Gasteiger partial charge in [0, 0.05) is 19.0 Å². The third-order valence-corrected chi connectivity index (χ3v) is 5.17. The first-order valence-electron chi connectivity index (χ1n) is 10.8. The Hall–Kier alpha value is -2.61. The SMILES string of the molecule is COc1c(C)ccc(C(=O)Oc2ccc(C(O)CNC(C)C)cc2OC(=O)CC(C)C)c1Cl. The number of carbonyl (C=O) groups excluding carboxylic acids is 2. The first kappa shape index (κ1) is 26.6. The van der Waals surface area contributed by atoms with Crippen LogP contribution in [0.25, 0.3) is 0 Å². The van der Waals surface area contributed by atoms with Gasteiger partial charge in [-0.2, -0.15) is 0 Å². The second kappa shape index (κ2) is 12.0. The van der Waals surface area contributed by atoms with Crippen LogP contribution in [-0.2, 0) is 4.79 Å². The molecule has 0 radical (unpaired) electrons. The van der Waals surface area contributed by atoms with E-state index in [2.05, 4.69) is 5.32 Å². The average molecular weight is 478 g/mol. The van der Waals surface area contributed by atoms with Crippen LogP contribution in [0.5, 0.6) is 17.2 Å². The molecule has 33 heavy (non-hydrogen) atoms. The number of hydrogen-bond acceptors (Lipinski definition) is 7. The number of esters is 2. The van der Waals surface area contributed by atoms with Gasteiger partial charge in [0.05, 0.1) is 23.8 Å². The molecule has 0 aliphatic rings. The topological polar surface area (TPSA) is 94.1 Å². The van der Waals surface area contributed by atoms with E-state index in [0.717, 1.165) is 5.56 Å². The van der Waals surface area contributed by atoms with Crippen molar-refractivity contribution in [2.24, 2.45) is 5.92 Å². The maximum Gasteiger partial charge on any atom is 0.345 e. The second-order valence-corrected chi connectivity index (χ2v) is 8.90. The van der Waals surface area contributed by atoms with Crippen molar-refractivity contribution in [3.63, 3.8) is 0 Å². The van der Waals surface area contributed by atoms with Gasteiger partial charge < -0.3 is 24.6 Å². The molecule has 0 aliphatic heterocycles. The Balaban J connectivity index is 2.36. The van der Waals surface area contributed by atoms with Crippen LogP contribution in [-0.4, -0.2) is 36.7 Å². The van der Waals surface area contributed by atoms with Crippen molar-refractivity contribution >= 4 is 23.5 Å². The summed E-state index contributed by atoms with van der Waals surface area (Å²) in [5, 5.41) is 13.8. The minimum Gasteiger partial charge on any atom is -0.495 e. The van der Waals surface area contributed by atoms with E-state index in [1.807, 2.05) is 34.6 Å². The summed E-state index contributed by atoms with van der Waals surface area (Å²) in [5.41, 5.74) is 1.41. The molecule has 2 aromatic carbocycles. The summed E-state index contributed by atoms with van der Waals surface area (Å²) in [4.78, 5) is 25.2. The first-order valence-corrected chi connectivity index (χ1v) is 11.2. The Morgan fingerprint density at radius 1 is 1.06 bits per heavy atom. The standard InChI is InChI=1S/C25H32ClNO6/c1-14(2)11-22(29)32-21-12-17(19(28)13-27-15(3)4)8-10-20(21)33-25(30)18-9-7-16(5)24(31-6)23(18)26/h7-10,12,14-15,19,27-28H,11,13H2,1-6H3. The van der Waals surface area contributed by atoms with E-state index < -0.39 is 18.0 Å². The number of benzene rings is 2. The van der Waals surface area contributed by atoms with Crippen molar-refractivity contribution < 1.29 is 28.9 Å². The monoisotopic (exact) mass is 477 g/mol. The molecule has 0 aliphatic carbocycles. The molecule has 7 nitrogen and oxygen atoms in total. The van der Waals surface area contributed by atoms with Crippen molar-refractivity contribution in [2.75, 3.05) is 13.7 Å². The molecule has 2 N–H and O–H groups in total. The molecule has 1 unspecified atom stereocenters. The highest BCUT2D eigenvalue weighted by atomic mass is 35.5. The average Bonchev–Trinajstić information content (AvgIpc) is 2.72. The number of nitrogens with one attached hydrogen (secondary N) is 1. The molecular weight excluding hydrogens is 446 g/mol. The molecule has 1 atom stereocenters. The highest BCUT2D eigenvalue weighted by molar-refractivity contribution is 6.35. The highest BCUT2D eigenvalue weighted by Gasteiger charge is 2.22. The lowest BCUT2D eigenvalue weighted by atomic mass is 10.1. The Kier molecular flexibility index (Phi) is 9.70. The van der Waals surface area contributed by atoms with Crippen molar-refractivity contribution in [1.29, 1.82) is 0 Å². The van der Waals surface area contributed by atoms with Gasteiger partial charge in [-0.3, -0.25) is 4.79 Å². The number of carbonyl (C=O) groups is 2. The summed E-state index contributed by atoms with van der Waals surface area (Å²) in [6.45, 7) is 9.86. The molecule has 0 heterocycles. The smallest absolute Gasteiger partial charge is 0.345 e. The lowest BCUT2D eigenvalue weighted by Crippen LogP contribution is -2.28. The van der Waals surface area contributed by atoms with Crippen molar-refractivity contribution in [3.8, 4) is 17.2 Å². The zero-order valence-corrected chi connectivity index (χ0v) is 20.7. The predicted molar refractivity (Wildman–Crippen MR) is 127 cm³/mol.